The van der Waals surface area contributed by atoms with E-state index in [0.29, 0.717) is 19.0 Å². The van der Waals surface area contributed by atoms with Crippen molar-refractivity contribution in [3.05, 3.63) is 12.7 Å². The highest BCUT2D eigenvalue weighted by Crippen LogP contribution is 2.14. The lowest BCUT2D eigenvalue weighted by atomic mass is 9.94. The van der Waals surface area contributed by atoms with E-state index in [1.54, 1.807) is 13.1 Å². The average Bonchev–Trinajstić information content (AvgIpc) is 2.24. The van der Waals surface area contributed by atoms with Crippen LogP contribution in [0.5, 0.6) is 0 Å². The van der Waals surface area contributed by atoms with Gasteiger partial charge in [0.1, 0.15) is 0 Å². The minimum atomic E-state index is -0.825. The monoisotopic (exact) mass is 256 g/mol. The Morgan fingerprint density at radius 2 is 2.06 bits per heavy atom. The Labute approximate surface area is 109 Å². The summed E-state index contributed by atoms with van der Waals surface area (Å²) in [5.41, 5.74) is 0. The van der Waals surface area contributed by atoms with Gasteiger partial charge in [-0.2, -0.15) is 0 Å². The highest BCUT2D eigenvalue weighted by molar-refractivity contribution is 5.74. The van der Waals surface area contributed by atoms with Gasteiger partial charge in [0.15, 0.2) is 0 Å². The van der Waals surface area contributed by atoms with Crippen molar-refractivity contribution < 1.29 is 14.7 Å². The molecule has 0 aromatic rings. The molecule has 0 aromatic heterocycles. The van der Waals surface area contributed by atoms with Crippen molar-refractivity contribution in [3.8, 4) is 0 Å². The Morgan fingerprint density at radius 1 is 1.44 bits per heavy atom. The van der Waals surface area contributed by atoms with Crippen molar-refractivity contribution in [2.45, 2.75) is 26.7 Å². The number of hydrogen-bond acceptors (Lipinski definition) is 2. The lowest BCUT2D eigenvalue weighted by Gasteiger charge is -2.21. The molecule has 0 saturated carbocycles. The van der Waals surface area contributed by atoms with E-state index in [2.05, 4.69) is 11.9 Å². The van der Waals surface area contributed by atoms with Crippen LogP contribution in [0.15, 0.2) is 12.7 Å². The van der Waals surface area contributed by atoms with E-state index in [0.717, 1.165) is 6.42 Å². The molecule has 0 rings (SSSR count). The van der Waals surface area contributed by atoms with E-state index in [-0.39, 0.29) is 18.4 Å². The number of carboxylic acids is 1. The fraction of sp³-hybridized carbons (Fsp3) is 0.692. The number of rotatable bonds is 8. The largest absolute Gasteiger partial charge is 0.481 e. The van der Waals surface area contributed by atoms with E-state index in [4.69, 9.17) is 5.11 Å². The summed E-state index contributed by atoms with van der Waals surface area (Å²) < 4.78 is 0. The topological polar surface area (TPSA) is 69.6 Å². The van der Waals surface area contributed by atoms with Crippen LogP contribution in [0, 0.1) is 11.8 Å². The van der Waals surface area contributed by atoms with Crippen LogP contribution in [0.1, 0.15) is 26.7 Å². The average molecular weight is 256 g/mol. The molecule has 104 valence electrons. The van der Waals surface area contributed by atoms with Crippen molar-refractivity contribution >= 4 is 12.0 Å². The van der Waals surface area contributed by atoms with Crippen molar-refractivity contribution in [3.63, 3.8) is 0 Å². The Hall–Kier alpha value is -1.52. The van der Waals surface area contributed by atoms with Crippen LogP contribution in [-0.4, -0.2) is 42.1 Å². The third kappa shape index (κ3) is 7.70. The van der Waals surface area contributed by atoms with Crippen LogP contribution in [0.4, 0.5) is 4.79 Å². The first-order valence-electron chi connectivity index (χ1n) is 6.18. The second kappa shape index (κ2) is 8.55. The summed E-state index contributed by atoms with van der Waals surface area (Å²) in [7, 11) is 1.67. The maximum atomic E-state index is 11.6. The molecule has 2 amide bonds. The second-order valence-electron chi connectivity index (χ2n) is 4.95. The molecule has 0 aliphatic rings. The molecule has 0 heterocycles. The van der Waals surface area contributed by atoms with Crippen LogP contribution in [0.3, 0.4) is 0 Å². The minimum absolute atomic E-state index is 0.0245. The Bertz CT molecular complexity index is 290. The third-order valence-corrected chi connectivity index (χ3v) is 2.56. The van der Waals surface area contributed by atoms with Gasteiger partial charge in [-0.05, 0) is 18.3 Å². The summed E-state index contributed by atoms with van der Waals surface area (Å²) in [5, 5.41) is 11.6. The Balaban J connectivity index is 4.19. The fourth-order valence-corrected chi connectivity index (χ4v) is 1.80. The SMILES string of the molecule is C=CCN(C)C(=O)NCC(CC(=O)O)CC(C)C. The number of carboxylic acid groups (broad SMARTS) is 1. The number of hydrogen-bond donors (Lipinski definition) is 2. The molecule has 0 aromatic carbocycles. The van der Waals surface area contributed by atoms with Gasteiger partial charge in [0.25, 0.3) is 0 Å². The second-order valence-corrected chi connectivity index (χ2v) is 4.95. The zero-order valence-electron chi connectivity index (χ0n) is 11.5. The van der Waals surface area contributed by atoms with E-state index in [1.807, 2.05) is 13.8 Å². The maximum absolute atomic E-state index is 11.6. The van der Waals surface area contributed by atoms with Gasteiger partial charge in [-0.1, -0.05) is 19.9 Å². The summed E-state index contributed by atoms with van der Waals surface area (Å²) in [6.45, 7) is 8.51. The predicted molar refractivity (Wildman–Crippen MR) is 71.4 cm³/mol. The van der Waals surface area contributed by atoms with Gasteiger partial charge in [-0.15, -0.1) is 6.58 Å². The van der Waals surface area contributed by atoms with E-state index >= 15 is 0 Å². The fourth-order valence-electron chi connectivity index (χ4n) is 1.80. The summed E-state index contributed by atoms with van der Waals surface area (Å²) in [6, 6.07) is -0.200. The lowest BCUT2D eigenvalue weighted by Crippen LogP contribution is -2.40. The lowest BCUT2D eigenvalue weighted by molar-refractivity contribution is -0.138. The molecule has 5 nitrogen and oxygen atoms in total. The standard InChI is InChI=1S/C13H24N2O3/c1-5-6-15(4)13(18)14-9-11(7-10(2)3)8-12(16)17/h5,10-11H,1,6-9H2,2-4H3,(H,14,18)(H,16,17). The molecule has 0 aliphatic heterocycles. The number of carbonyl (C=O) groups is 2. The summed E-state index contributed by atoms with van der Waals surface area (Å²) in [5.74, 6) is -0.435. The number of nitrogens with zero attached hydrogens (tertiary/aromatic N) is 1. The van der Waals surface area contributed by atoms with Gasteiger partial charge < -0.3 is 15.3 Å². The molecule has 0 aliphatic carbocycles. The van der Waals surface area contributed by atoms with E-state index in [9.17, 15) is 9.59 Å². The molecule has 0 fully saturated rings. The van der Waals surface area contributed by atoms with Crippen LogP contribution < -0.4 is 5.32 Å². The molecule has 1 atom stereocenters. The number of likely N-dealkylation sites (N-methyl/N-ethyl adjacent to an activating group) is 1. The van der Waals surface area contributed by atoms with Crippen LogP contribution in [0.25, 0.3) is 0 Å². The first-order chi connectivity index (χ1) is 8.36. The molecule has 2 N–H and O–H groups in total. The summed E-state index contributed by atoms with van der Waals surface area (Å²) >= 11 is 0. The van der Waals surface area contributed by atoms with Crippen molar-refractivity contribution in [2.24, 2.45) is 11.8 Å². The molecular weight excluding hydrogens is 232 g/mol. The zero-order chi connectivity index (χ0) is 14.1. The number of carbonyl (C=O) groups excluding carboxylic acids is 1. The minimum Gasteiger partial charge on any atom is -0.481 e. The quantitative estimate of drug-likeness (QED) is 0.652. The molecule has 0 saturated heterocycles. The van der Waals surface area contributed by atoms with Gasteiger partial charge in [0, 0.05) is 26.6 Å². The molecule has 5 heteroatoms. The molecule has 18 heavy (non-hydrogen) atoms. The normalized spacial score (nSPS) is 12.0. The van der Waals surface area contributed by atoms with Gasteiger partial charge in [-0.25, -0.2) is 4.79 Å². The smallest absolute Gasteiger partial charge is 0.317 e. The zero-order valence-corrected chi connectivity index (χ0v) is 11.5. The molecule has 1 unspecified atom stereocenters. The predicted octanol–water partition coefficient (Wildman–Crippen LogP) is 1.95. The van der Waals surface area contributed by atoms with Crippen molar-refractivity contribution in [2.75, 3.05) is 20.1 Å². The third-order valence-electron chi connectivity index (χ3n) is 2.56. The summed E-state index contributed by atoms with van der Waals surface area (Å²) in [6.07, 6.45) is 2.52. The number of nitrogens with one attached hydrogen (secondary N) is 1. The van der Waals surface area contributed by atoms with Crippen LogP contribution in [0.2, 0.25) is 0 Å². The van der Waals surface area contributed by atoms with Crippen LogP contribution >= 0.6 is 0 Å². The van der Waals surface area contributed by atoms with E-state index in [1.165, 1.54) is 4.90 Å². The van der Waals surface area contributed by atoms with E-state index < -0.39 is 5.97 Å². The highest BCUT2D eigenvalue weighted by Gasteiger charge is 2.16. The number of urea groups is 1. The first kappa shape index (κ1) is 16.5. The molecule has 0 bridgehead atoms. The number of amides is 2. The highest BCUT2D eigenvalue weighted by atomic mass is 16.4. The van der Waals surface area contributed by atoms with Crippen LogP contribution in [-0.2, 0) is 4.79 Å². The molecule has 0 radical (unpaired) electrons. The van der Waals surface area contributed by atoms with Crippen molar-refractivity contribution in [1.82, 2.24) is 10.2 Å². The first-order valence-corrected chi connectivity index (χ1v) is 6.18. The van der Waals surface area contributed by atoms with Gasteiger partial charge in [0.05, 0.1) is 0 Å². The van der Waals surface area contributed by atoms with Gasteiger partial charge >= 0.3 is 12.0 Å². The summed E-state index contributed by atoms with van der Waals surface area (Å²) in [4.78, 5) is 23.9. The van der Waals surface area contributed by atoms with Gasteiger partial charge in [0.2, 0.25) is 0 Å². The Morgan fingerprint density at radius 3 is 2.50 bits per heavy atom. The number of aliphatic carboxylic acids is 1. The molecular formula is C13H24N2O3. The Kier molecular flexibility index (Phi) is 7.83. The van der Waals surface area contributed by atoms with Gasteiger partial charge in [-0.3, -0.25) is 4.79 Å². The maximum Gasteiger partial charge on any atom is 0.317 e. The van der Waals surface area contributed by atoms with Crippen molar-refractivity contribution in [1.29, 1.82) is 0 Å². The molecule has 0 spiro atoms.